The molecule has 1 aliphatic carbocycles. The molecule has 2 heterocycles. The third-order valence-corrected chi connectivity index (χ3v) is 9.70. The summed E-state index contributed by atoms with van der Waals surface area (Å²) in [6, 6.07) is 7.64. The standard InChI is InChI=1S/C27H38ClN6O4P/c1-5-13-37-25(35)26(3,4)12-14-39(36,33-27(10-11-27)20-6-8-21(28)9-7-20)18-38-19(2)15-34-17-32-22-23(29)30-16-31-24(22)34/h6-9,16-17,19H,5,10-15,18H2,1-4H3,(H,33,36)(H2,29,30,31)/t19-,39?/m1/s1. The Kier molecular flexibility index (Phi) is 9.01. The van der Waals surface area contributed by atoms with Gasteiger partial charge in [0.05, 0.1) is 31.0 Å². The first-order valence-electron chi connectivity index (χ1n) is 13.3. The molecule has 0 spiro atoms. The third kappa shape index (κ3) is 7.17. The van der Waals surface area contributed by atoms with Crippen molar-refractivity contribution in [3.05, 3.63) is 47.5 Å². The lowest BCUT2D eigenvalue weighted by Crippen LogP contribution is -2.33. The van der Waals surface area contributed by atoms with Crippen molar-refractivity contribution in [3.8, 4) is 0 Å². The smallest absolute Gasteiger partial charge is 0.311 e. The van der Waals surface area contributed by atoms with E-state index in [0.29, 0.717) is 47.7 Å². The van der Waals surface area contributed by atoms with E-state index < -0.39 is 18.2 Å². The largest absolute Gasteiger partial charge is 0.465 e. The number of hydrogen-bond acceptors (Lipinski definition) is 8. The first-order chi connectivity index (χ1) is 18.5. The highest BCUT2D eigenvalue weighted by Gasteiger charge is 2.49. The molecule has 39 heavy (non-hydrogen) atoms. The number of halogens is 1. The van der Waals surface area contributed by atoms with Crippen molar-refractivity contribution in [1.29, 1.82) is 0 Å². The molecular weight excluding hydrogens is 539 g/mol. The number of carbonyl (C=O) groups is 1. The number of nitrogens with zero attached hydrogens (tertiary/aromatic N) is 4. The van der Waals surface area contributed by atoms with Crippen molar-refractivity contribution >= 4 is 41.8 Å². The highest BCUT2D eigenvalue weighted by Crippen LogP contribution is 2.56. The van der Waals surface area contributed by atoms with Crippen LogP contribution < -0.4 is 10.8 Å². The molecular formula is C27H38ClN6O4P. The summed E-state index contributed by atoms with van der Waals surface area (Å²) in [6.45, 7) is 8.36. The summed E-state index contributed by atoms with van der Waals surface area (Å²) in [5.74, 6) is 0.0373. The molecule has 0 aliphatic heterocycles. The van der Waals surface area contributed by atoms with E-state index in [0.717, 1.165) is 24.8 Å². The van der Waals surface area contributed by atoms with Crippen LogP contribution in [-0.4, -0.2) is 50.7 Å². The highest BCUT2D eigenvalue weighted by atomic mass is 35.5. The molecule has 1 aliphatic rings. The Bertz CT molecular complexity index is 1340. The van der Waals surface area contributed by atoms with Gasteiger partial charge in [-0.05, 0) is 64.2 Å². The Balaban J connectivity index is 1.48. The van der Waals surface area contributed by atoms with Gasteiger partial charge in [0.15, 0.2) is 18.8 Å². The van der Waals surface area contributed by atoms with E-state index in [2.05, 4.69) is 20.0 Å². The Morgan fingerprint density at radius 3 is 2.64 bits per heavy atom. The minimum Gasteiger partial charge on any atom is -0.465 e. The molecule has 1 unspecified atom stereocenters. The number of esters is 1. The van der Waals surface area contributed by atoms with Gasteiger partial charge < -0.3 is 24.3 Å². The molecule has 1 aromatic carbocycles. The van der Waals surface area contributed by atoms with Gasteiger partial charge in [-0.25, -0.2) is 15.0 Å². The highest BCUT2D eigenvalue weighted by molar-refractivity contribution is 7.61. The minimum absolute atomic E-state index is 0.0212. The van der Waals surface area contributed by atoms with Gasteiger partial charge in [-0.1, -0.05) is 30.7 Å². The van der Waals surface area contributed by atoms with Crippen LogP contribution in [0.25, 0.3) is 11.2 Å². The molecule has 0 bridgehead atoms. The van der Waals surface area contributed by atoms with Gasteiger partial charge in [0, 0.05) is 16.7 Å². The summed E-state index contributed by atoms with van der Waals surface area (Å²) in [4.78, 5) is 25.2. The summed E-state index contributed by atoms with van der Waals surface area (Å²) in [5.41, 5.74) is 6.94. The van der Waals surface area contributed by atoms with E-state index in [9.17, 15) is 9.36 Å². The lowest BCUT2D eigenvalue weighted by molar-refractivity contribution is -0.154. The lowest BCUT2D eigenvalue weighted by Gasteiger charge is -2.30. The second-order valence-corrected chi connectivity index (χ2v) is 14.2. The van der Waals surface area contributed by atoms with Gasteiger partial charge in [-0.15, -0.1) is 0 Å². The predicted molar refractivity (Wildman–Crippen MR) is 153 cm³/mol. The van der Waals surface area contributed by atoms with Crippen LogP contribution >= 0.6 is 18.9 Å². The van der Waals surface area contributed by atoms with Crippen LogP contribution in [0.4, 0.5) is 5.82 Å². The number of benzene rings is 1. The number of imidazole rings is 1. The summed E-state index contributed by atoms with van der Waals surface area (Å²) in [5, 5.41) is 4.16. The van der Waals surface area contributed by atoms with Gasteiger partial charge >= 0.3 is 5.97 Å². The van der Waals surface area contributed by atoms with Gasteiger partial charge in [0.2, 0.25) is 0 Å². The van der Waals surface area contributed by atoms with Crippen LogP contribution in [-0.2, 0) is 30.9 Å². The molecule has 3 N–H and O–H groups in total. The summed E-state index contributed by atoms with van der Waals surface area (Å²) >= 11 is 6.11. The average molecular weight is 577 g/mol. The van der Waals surface area contributed by atoms with E-state index in [1.165, 1.54) is 6.33 Å². The maximum atomic E-state index is 14.5. The second-order valence-electron chi connectivity index (χ2n) is 11.0. The van der Waals surface area contributed by atoms with Crippen LogP contribution in [0.1, 0.15) is 58.9 Å². The topological polar surface area (TPSA) is 134 Å². The first kappa shape index (κ1) is 29.5. The zero-order valence-electron chi connectivity index (χ0n) is 23.0. The van der Waals surface area contributed by atoms with Crippen molar-refractivity contribution in [2.24, 2.45) is 5.41 Å². The second kappa shape index (κ2) is 11.9. The Morgan fingerprint density at radius 1 is 1.26 bits per heavy atom. The summed E-state index contributed by atoms with van der Waals surface area (Å²) < 4.78 is 27.9. The number of nitrogens with two attached hydrogens (primary N) is 1. The van der Waals surface area contributed by atoms with E-state index in [-0.39, 0.29) is 18.4 Å². The number of nitrogens with one attached hydrogen (secondary N) is 1. The zero-order valence-corrected chi connectivity index (χ0v) is 24.7. The summed E-state index contributed by atoms with van der Waals surface area (Å²) in [6.07, 6.45) is 5.95. The molecule has 0 amide bonds. The van der Waals surface area contributed by atoms with E-state index in [1.54, 1.807) is 6.33 Å². The molecule has 10 nitrogen and oxygen atoms in total. The third-order valence-electron chi connectivity index (χ3n) is 7.10. The Hall–Kier alpha value is -2.52. The quantitative estimate of drug-likeness (QED) is 0.192. The van der Waals surface area contributed by atoms with Crippen LogP contribution in [0.3, 0.4) is 0 Å². The maximum Gasteiger partial charge on any atom is 0.311 e. The fourth-order valence-electron chi connectivity index (χ4n) is 4.46. The van der Waals surface area contributed by atoms with E-state index >= 15 is 0 Å². The first-order valence-corrected chi connectivity index (χ1v) is 15.8. The van der Waals surface area contributed by atoms with E-state index in [1.807, 2.05) is 56.5 Å². The monoisotopic (exact) mass is 576 g/mol. The number of anilines is 1. The molecule has 1 fully saturated rings. The van der Waals surface area contributed by atoms with Crippen molar-refractivity contribution in [2.45, 2.75) is 71.6 Å². The molecule has 3 aromatic rings. The van der Waals surface area contributed by atoms with Crippen molar-refractivity contribution in [2.75, 3.05) is 24.9 Å². The number of ether oxygens (including phenoxy) is 2. The Morgan fingerprint density at radius 2 is 1.97 bits per heavy atom. The van der Waals surface area contributed by atoms with Gasteiger partial charge in [0.25, 0.3) is 0 Å². The maximum absolute atomic E-state index is 14.5. The number of aromatic nitrogens is 4. The van der Waals surface area contributed by atoms with Gasteiger partial charge in [-0.2, -0.15) is 0 Å². The average Bonchev–Trinajstić information content (AvgIpc) is 3.56. The summed E-state index contributed by atoms with van der Waals surface area (Å²) in [7, 11) is -3.10. The molecule has 212 valence electrons. The fraction of sp³-hybridized carbons (Fsp3) is 0.556. The van der Waals surface area contributed by atoms with Crippen LogP contribution in [0, 0.1) is 5.41 Å². The normalized spacial score (nSPS) is 17.1. The predicted octanol–water partition coefficient (Wildman–Crippen LogP) is 5.35. The van der Waals surface area contributed by atoms with Crippen molar-refractivity contribution in [1.82, 2.24) is 24.6 Å². The molecule has 2 aromatic heterocycles. The molecule has 0 radical (unpaired) electrons. The molecule has 2 atom stereocenters. The molecule has 4 rings (SSSR count). The van der Waals surface area contributed by atoms with E-state index in [4.69, 9.17) is 26.8 Å². The number of nitrogen functional groups attached to an aromatic ring is 1. The van der Waals surface area contributed by atoms with Gasteiger partial charge in [0.1, 0.15) is 18.2 Å². The van der Waals surface area contributed by atoms with Crippen LogP contribution in [0.2, 0.25) is 5.02 Å². The molecule has 1 saturated carbocycles. The zero-order chi connectivity index (χ0) is 28.3. The number of rotatable bonds is 14. The number of fused-ring (bicyclic) bond motifs is 1. The number of carbonyl (C=O) groups excluding carboxylic acids is 1. The fourth-order valence-corrected chi connectivity index (χ4v) is 7.44. The van der Waals surface area contributed by atoms with Gasteiger partial charge in [-0.3, -0.25) is 9.88 Å². The van der Waals surface area contributed by atoms with Crippen molar-refractivity contribution in [3.63, 3.8) is 0 Å². The number of hydrogen-bond donors (Lipinski definition) is 2. The van der Waals surface area contributed by atoms with Crippen LogP contribution in [0.15, 0.2) is 36.9 Å². The van der Waals surface area contributed by atoms with Crippen molar-refractivity contribution < 1.29 is 18.8 Å². The molecule has 0 saturated heterocycles. The SMILES string of the molecule is CCCOC(=O)C(C)(C)CCP(=O)(CO[C@H](C)Cn1cnc2c(N)ncnc21)NC1(c2ccc(Cl)cc2)CC1. The molecule has 12 heteroatoms. The minimum atomic E-state index is -3.10. The lowest BCUT2D eigenvalue weighted by atomic mass is 9.90. The Labute approximate surface area is 234 Å². The van der Waals surface area contributed by atoms with Crippen LogP contribution in [0.5, 0.6) is 0 Å².